The van der Waals surface area contributed by atoms with Crippen LogP contribution in [0.15, 0.2) is 146 Å². The van der Waals surface area contributed by atoms with Gasteiger partial charge in [-0.05, 0) is 77.1 Å². The van der Waals surface area contributed by atoms with Crippen molar-refractivity contribution in [1.82, 2.24) is 0 Å². The summed E-state index contributed by atoms with van der Waals surface area (Å²) in [6, 6.07) is 45.8. The molecule has 0 amide bonds. The summed E-state index contributed by atoms with van der Waals surface area (Å²) >= 11 is 0. The SMILES string of the molecule is C=CCOCCCCc1ccc(Cc2cc([C@@H]3O[C@H](CO)[C@@H](OCc4ccccc4)[C@H](OCc4ccccc4)[C@H]3OCc3ccccc3)ccc2C)cc1. The maximum Gasteiger partial charge on any atom is 0.117 e. The van der Waals surface area contributed by atoms with Gasteiger partial charge in [0.2, 0.25) is 0 Å². The Kier molecular flexibility index (Phi) is 15.2. The molecule has 5 atom stereocenters. The zero-order chi connectivity index (χ0) is 37.4. The van der Waals surface area contributed by atoms with Gasteiger partial charge in [0.15, 0.2) is 0 Å². The van der Waals surface area contributed by atoms with E-state index in [0.717, 1.165) is 54.5 Å². The number of hydrogen-bond acceptors (Lipinski definition) is 6. The van der Waals surface area contributed by atoms with E-state index >= 15 is 0 Å². The summed E-state index contributed by atoms with van der Waals surface area (Å²) < 4.78 is 32.7. The van der Waals surface area contributed by atoms with Crippen LogP contribution in [-0.4, -0.2) is 49.3 Å². The number of benzene rings is 5. The molecule has 6 heteroatoms. The van der Waals surface area contributed by atoms with E-state index in [1.54, 1.807) is 6.08 Å². The largest absolute Gasteiger partial charge is 0.394 e. The lowest BCUT2D eigenvalue weighted by atomic mass is 9.88. The smallest absolute Gasteiger partial charge is 0.117 e. The molecular formula is C48H54O6. The van der Waals surface area contributed by atoms with Crippen LogP contribution in [0, 0.1) is 6.92 Å². The Labute approximate surface area is 321 Å². The third-order valence-corrected chi connectivity index (χ3v) is 10.0. The Morgan fingerprint density at radius 1 is 0.630 bits per heavy atom. The molecule has 282 valence electrons. The van der Waals surface area contributed by atoms with Crippen molar-refractivity contribution in [2.45, 2.75) is 82.9 Å². The van der Waals surface area contributed by atoms with E-state index in [0.29, 0.717) is 26.4 Å². The van der Waals surface area contributed by atoms with Crippen LogP contribution in [0.4, 0.5) is 0 Å². The molecule has 0 radical (unpaired) electrons. The molecule has 6 rings (SSSR count). The van der Waals surface area contributed by atoms with Crippen molar-refractivity contribution in [2.75, 3.05) is 19.8 Å². The minimum absolute atomic E-state index is 0.223. The van der Waals surface area contributed by atoms with Gasteiger partial charge in [0, 0.05) is 6.61 Å². The number of aliphatic hydroxyl groups is 1. The highest BCUT2D eigenvalue weighted by molar-refractivity contribution is 5.38. The fourth-order valence-corrected chi connectivity index (χ4v) is 7.01. The van der Waals surface area contributed by atoms with Crippen LogP contribution in [0.3, 0.4) is 0 Å². The number of rotatable bonds is 20. The number of ether oxygens (including phenoxy) is 5. The summed E-state index contributed by atoms with van der Waals surface area (Å²) in [5.41, 5.74) is 9.13. The van der Waals surface area contributed by atoms with E-state index in [9.17, 15) is 5.11 Å². The Morgan fingerprint density at radius 3 is 1.76 bits per heavy atom. The lowest BCUT2D eigenvalue weighted by Crippen LogP contribution is -2.58. The van der Waals surface area contributed by atoms with Gasteiger partial charge in [-0.1, -0.05) is 140 Å². The average Bonchev–Trinajstić information content (AvgIpc) is 3.22. The summed E-state index contributed by atoms with van der Waals surface area (Å²) in [7, 11) is 0. The molecule has 5 aromatic carbocycles. The first-order chi connectivity index (χ1) is 26.6. The molecule has 6 nitrogen and oxygen atoms in total. The standard InChI is InChI=1S/C48H54O6/c1-3-28-50-29-14-13-15-37-23-25-38(26-24-37)30-43-31-42(27-22-36(43)2)45-47(52-34-40-18-9-5-10-19-40)48(53-35-41-20-11-6-12-21-41)46(44(32-49)54-45)51-33-39-16-7-4-8-17-39/h3-12,16-27,31,44-49H,1,13-15,28-30,32-35H2,2H3/t44-,45+,46-,47+,48+/m1/s1. The van der Waals surface area contributed by atoms with Gasteiger partial charge in [0.05, 0.1) is 33.0 Å². The Balaban J connectivity index is 1.26. The highest BCUT2D eigenvalue weighted by Crippen LogP contribution is 2.39. The van der Waals surface area contributed by atoms with E-state index in [1.807, 2.05) is 66.7 Å². The van der Waals surface area contributed by atoms with Crippen molar-refractivity contribution in [1.29, 1.82) is 0 Å². The number of aryl methyl sites for hydroxylation is 2. The van der Waals surface area contributed by atoms with Crippen molar-refractivity contribution in [3.63, 3.8) is 0 Å². The minimum atomic E-state index is -0.637. The highest BCUT2D eigenvalue weighted by atomic mass is 16.6. The van der Waals surface area contributed by atoms with Crippen molar-refractivity contribution in [3.8, 4) is 0 Å². The molecule has 1 fully saturated rings. The van der Waals surface area contributed by atoms with E-state index in [2.05, 4.69) is 80.2 Å². The molecule has 1 saturated heterocycles. The van der Waals surface area contributed by atoms with Gasteiger partial charge < -0.3 is 28.8 Å². The molecule has 0 aliphatic carbocycles. The fourth-order valence-electron chi connectivity index (χ4n) is 7.01. The second kappa shape index (κ2) is 20.9. The molecule has 0 spiro atoms. The van der Waals surface area contributed by atoms with Crippen LogP contribution < -0.4 is 0 Å². The molecule has 1 N–H and O–H groups in total. The molecule has 0 bridgehead atoms. The number of hydrogen-bond donors (Lipinski definition) is 1. The van der Waals surface area contributed by atoms with E-state index in [-0.39, 0.29) is 6.61 Å². The van der Waals surface area contributed by atoms with Crippen LogP contribution in [0.25, 0.3) is 0 Å². The van der Waals surface area contributed by atoms with Gasteiger partial charge in [0.25, 0.3) is 0 Å². The second-order valence-electron chi connectivity index (χ2n) is 14.1. The molecule has 54 heavy (non-hydrogen) atoms. The van der Waals surface area contributed by atoms with E-state index < -0.39 is 30.5 Å². The van der Waals surface area contributed by atoms with Crippen LogP contribution >= 0.6 is 0 Å². The minimum Gasteiger partial charge on any atom is -0.394 e. The Morgan fingerprint density at radius 2 is 1.19 bits per heavy atom. The summed E-state index contributed by atoms with van der Waals surface area (Å²) in [4.78, 5) is 0. The second-order valence-corrected chi connectivity index (χ2v) is 14.1. The van der Waals surface area contributed by atoms with Crippen molar-refractivity contribution in [2.24, 2.45) is 0 Å². The molecule has 1 aliphatic heterocycles. The van der Waals surface area contributed by atoms with Gasteiger partial charge in [-0.15, -0.1) is 6.58 Å². The molecule has 0 unspecified atom stereocenters. The molecule has 0 saturated carbocycles. The molecular weight excluding hydrogens is 673 g/mol. The monoisotopic (exact) mass is 726 g/mol. The molecule has 1 heterocycles. The zero-order valence-electron chi connectivity index (χ0n) is 31.4. The van der Waals surface area contributed by atoms with Crippen LogP contribution in [0.5, 0.6) is 0 Å². The van der Waals surface area contributed by atoms with Gasteiger partial charge in [-0.2, -0.15) is 0 Å². The third-order valence-electron chi connectivity index (χ3n) is 10.0. The fraction of sp³-hybridized carbons (Fsp3) is 0.333. The number of unbranched alkanes of at least 4 members (excludes halogenated alkanes) is 1. The first kappa shape index (κ1) is 39.3. The van der Waals surface area contributed by atoms with E-state index in [1.165, 1.54) is 22.3 Å². The van der Waals surface area contributed by atoms with Crippen molar-refractivity contribution in [3.05, 3.63) is 191 Å². The quantitative estimate of drug-likeness (QED) is 0.0638. The van der Waals surface area contributed by atoms with Crippen LogP contribution in [-0.2, 0) is 56.3 Å². The predicted octanol–water partition coefficient (Wildman–Crippen LogP) is 9.30. The summed E-state index contributed by atoms with van der Waals surface area (Å²) in [6.07, 6.45) is 2.93. The van der Waals surface area contributed by atoms with Gasteiger partial charge in [0.1, 0.15) is 30.5 Å². The molecule has 5 aromatic rings. The normalized spacial score (nSPS) is 19.8. The summed E-state index contributed by atoms with van der Waals surface area (Å²) in [5.74, 6) is 0. The predicted molar refractivity (Wildman–Crippen MR) is 214 cm³/mol. The average molecular weight is 727 g/mol. The van der Waals surface area contributed by atoms with Gasteiger partial charge in [-0.3, -0.25) is 0 Å². The van der Waals surface area contributed by atoms with Gasteiger partial charge in [-0.25, -0.2) is 0 Å². The lowest BCUT2D eigenvalue weighted by molar-refractivity contribution is -0.272. The van der Waals surface area contributed by atoms with Crippen molar-refractivity contribution < 1.29 is 28.8 Å². The van der Waals surface area contributed by atoms with Gasteiger partial charge >= 0.3 is 0 Å². The summed E-state index contributed by atoms with van der Waals surface area (Å²) in [5, 5.41) is 10.8. The maximum atomic E-state index is 10.8. The topological polar surface area (TPSA) is 66.4 Å². The Hall–Kier alpha value is -4.40. The van der Waals surface area contributed by atoms with Crippen LogP contribution in [0.1, 0.15) is 63.5 Å². The molecule has 0 aromatic heterocycles. The Bertz CT molecular complexity index is 1810. The van der Waals surface area contributed by atoms with Crippen molar-refractivity contribution >= 4 is 0 Å². The maximum absolute atomic E-state index is 10.8. The first-order valence-electron chi connectivity index (χ1n) is 19.2. The highest BCUT2D eigenvalue weighted by Gasteiger charge is 2.48. The molecule has 1 aliphatic rings. The first-order valence-corrected chi connectivity index (χ1v) is 19.2. The third kappa shape index (κ3) is 11.3. The summed E-state index contributed by atoms with van der Waals surface area (Å²) in [6.45, 7) is 8.11. The van der Waals surface area contributed by atoms with Crippen LogP contribution in [0.2, 0.25) is 0 Å². The zero-order valence-corrected chi connectivity index (χ0v) is 31.4. The lowest BCUT2D eigenvalue weighted by Gasteiger charge is -2.46. The number of aliphatic hydroxyl groups excluding tert-OH is 1. The van der Waals surface area contributed by atoms with E-state index in [4.69, 9.17) is 23.7 Å².